The number of thioether (sulfide) groups is 1. The van der Waals surface area contributed by atoms with E-state index in [1.165, 1.54) is 6.07 Å². The number of furan rings is 1. The van der Waals surface area contributed by atoms with Crippen LogP contribution in [0.25, 0.3) is 11.0 Å². The number of likely N-dealkylation sites (tertiary alicyclic amines) is 1. The van der Waals surface area contributed by atoms with Crippen LogP contribution in [0.3, 0.4) is 0 Å². The van der Waals surface area contributed by atoms with Gasteiger partial charge in [0.1, 0.15) is 11.4 Å². The third-order valence-corrected chi connectivity index (χ3v) is 7.48. The summed E-state index contributed by atoms with van der Waals surface area (Å²) in [6.07, 6.45) is 1.20. The van der Waals surface area contributed by atoms with Crippen LogP contribution in [0.1, 0.15) is 34.5 Å². The van der Waals surface area contributed by atoms with E-state index in [2.05, 4.69) is 4.90 Å². The van der Waals surface area contributed by atoms with Gasteiger partial charge >= 0.3 is 0 Å². The summed E-state index contributed by atoms with van der Waals surface area (Å²) in [4.78, 5) is 16.9. The molecule has 2 aromatic carbocycles. The Morgan fingerprint density at radius 3 is 2.59 bits per heavy atom. The van der Waals surface area contributed by atoms with Crippen molar-refractivity contribution in [3.8, 4) is 0 Å². The molecule has 168 valence electrons. The maximum Gasteiger partial charge on any atom is 0.289 e. The van der Waals surface area contributed by atoms with E-state index in [9.17, 15) is 14.3 Å². The molecule has 0 aliphatic carbocycles. The lowest BCUT2D eigenvalue weighted by molar-refractivity contribution is -0.0276. The minimum atomic E-state index is -0.918. The average Bonchev–Trinajstić information content (AvgIpc) is 3.24. The normalized spacial score (nSPS) is 19.4. The molecule has 5 rings (SSSR count). The van der Waals surface area contributed by atoms with Crippen molar-refractivity contribution < 1.29 is 18.7 Å². The van der Waals surface area contributed by atoms with Gasteiger partial charge in [0.15, 0.2) is 5.76 Å². The van der Waals surface area contributed by atoms with E-state index in [0.29, 0.717) is 30.7 Å². The van der Waals surface area contributed by atoms with E-state index in [-0.39, 0.29) is 11.7 Å². The summed E-state index contributed by atoms with van der Waals surface area (Å²) >= 11 is 1.86. The predicted octanol–water partition coefficient (Wildman–Crippen LogP) is 4.24. The Hall–Kier alpha value is -2.35. The van der Waals surface area contributed by atoms with Crippen molar-refractivity contribution in [3.05, 3.63) is 71.2 Å². The molecular formula is C25H27FN2O3S. The molecule has 2 saturated heterocycles. The first-order valence-electron chi connectivity index (χ1n) is 11.1. The van der Waals surface area contributed by atoms with Gasteiger partial charge in [-0.25, -0.2) is 4.39 Å². The molecule has 2 aliphatic rings. The van der Waals surface area contributed by atoms with Gasteiger partial charge in [0.25, 0.3) is 5.91 Å². The summed E-state index contributed by atoms with van der Waals surface area (Å²) in [6, 6.07) is 14.2. The predicted molar refractivity (Wildman–Crippen MR) is 124 cm³/mol. The van der Waals surface area contributed by atoms with Crippen LogP contribution in [0.5, 0.6) is 0 Å². The number of hydrogen-bond donors (Lipinski definition) is 1. The minimum absolute atomic E-state index is 0.0626. The van der Waals surface area contributed by atoms with Gasteiger partial charge in [-0.3, -0.25) is 9.69 Å². The second-order valence-corrected chi connectivity index (χ2v) is 9.93. The van der Waals surface area contributed by atoms with Gasteiger partial charge in [0, 0.05) is 49.6 Å². The lowest BCUT2D eigenvalue weighted by atomic mass is 9.84. The van der Waals surface area contributed by atoms with E-state index in [1.807, 2.05) is 40.9 Å². The third-order valence-electron chi connectivity index (χ3n) is 6.54. The van der Waals surface area contributed by atoms with Crippen LogP contribution in [-0.2, 0) is 12.1 Å². The number of nitrogens with zero attached hydrogens (tertiary/aromatic N) is 2. The summed E-state index contributed by atoms with van der Waals surface area (Å²) < 4.78 is 19.3. The Balaban J connectivity index is 1.28. The number of carbonyl (C=O) groups excluding carboxylic acids is 1. The van der Waals surface area contributed by atoms with E-state index in [0.717, 1.165) is 54.2 Å². The summed E-state index contributed by atoms with van der Waals surface area (Å²) in [7, 11) is 0. The van der Waals surface area contributed by atoms with Gasteiger partial charge in [0.05, 0.1) is 5.60 Å². The van der Waals surface area contributed by atoms with Gasteiger partial charge < -0.3 is 14.4 Å². The Kier molecular flexibility index (Phi) is 5.97. The summed E-state index contributed by atoms with van der Waals surface area (Å²) in [6.45, 7) is 3.63. The van der Waals surface area contributed by atoms with E-state index >= 15 is 0 Å². The minimum Gasteiger partial charge on any atom is -0.451 e. The fourth-order valence-corrected chi connectivity index (χ4v) is 5.53. The first kappa shape index (κ1) is 21.5. The average molecular weight is 455 g/mol. The molecule has 3 aromatic rings. The fourth-order valence-electron chi connectivity index (χ4n) is 4.62. The van der Waals surface area contributed by atoms with Crippen LogP contribution >= 0.6 is 11.8 Å². The second kappa shape index (κ2) is 8.89. The number of benzene rings is 2. The van der Waals surface area contributed by atoms with Gasteiger partial charge in [-0.05, 0) is 54.3 Å². The summed E-state index contributed by atoms with van der Waals surface area (Å²) in [5.41, 5.74) is 1.54. The molecule has 2 aliphatic heterocycles. The van der Waals surface area contributed by atoms with E-state index in [4.69, 9.17) is 4.42 Å². The van der Waals surface area contributed by atoms with Crippen LogP contribution in [0.15, 0.2) is 52.9 Å². The number of fused-ring (bicyclic) bond motifs is 1. The third kappa shape index (κ3) is 4.42. The van der Waals surface area contributed by atoms with E-state index < -0.39 is 5.60 Å². The van der Waals surface area contributed by atoms with Crippen LogP contribution < -0.4 is 0 Å². The quantitative estimate of drug-likeness (QED) is 0.639. The van der Waals surface area contributed by atoms with Crippen molar-refractivity contribution in [1.82, 2.24) is 9.80 Å². The van der Waals surface area contributed by atoms with Crippen molar-refractivity contribution in [2.24, 2.45) is 0 Å². The molecule has 0 radical (unpaired) electrons. The Labute approximate surface area is 191 Å². The van der Waals surface area contributed by atoms with Crippen molar-refractivity contribution in [2.45, 2.75) is 25.0 Å². The monoisotopic (exact) mass is 454 g/mol. The molecule has 1 aromatic heterocycles. The van der Waals surface area contributed by atoms with Gasteiger partial charge in [0.2, 0.25) is 0 Å². The van der Waals surface area contributed by atoms with Crippen LogP contribution in [0.2, 0.25) is 0 Å². The highest BCUT2D eigenvalue weighted by Gasteiger charge is 2.34. The highest BCUT2D eigenvalue weighted by atomic mass is 32.2. The number of halogens is 1. The number of carbonyl (C=O) groups is 1. The van der Waals surface area contributed by atoms with Gasteiger partial charge in [-0.15, -0.1) is 0 Å². The SMILES string of the molecule is O=C(c1cc2cc(C3(O)CCN(Cc4cccc(F)c4)CC3)ccc2o1)N1CCSCC1. The van der Waals surface area contributed by atoms with E-state index in [1.54, 1.807) is 18.2 Å². The molecule has 0 atom stereocenters. The summed E-state index contributed by atoms with van der Waals surface area (Å²) in [5.74, 6) is 1.99. The molecule has 5 nitrogen and oxygen atoms in total. The fraction of sp³-hybridized carbons (Fsp3) is 0.400. The Morgan fingerprint density at radius 2 is 1.84 bits per heavy atom. The highest BCUT2D eigenvalue weighted by molar-refractivity contribution is 7.99. The number of piperidine rings is 1. The standard InChI is InChI=1S/C25H27FN2O3S/c26-21-3-1-2-18(14-21)17-27-8-6-25(30,7-9-27)20-4-5-22-19(15-20)16-23(31-22)24(29)28-10-12-32-13-11-28/h1-5,14-16,30H,6-13,17H2. The first-order valence-corrected chi connectivity index (χ1v) is 12.3. The first-order chi connectivity index (χ1) is 15.5. The maximum absolute atomic E-state index is 13.5. The zero-order valence-corrected chi connectivity index (χ0v) is 18.7. The number of amides is 1. The largest absolute Gasteiger partial charge is 0.451 e. The topological polar surface area (TPSA) is 56.9 Å². The van der Waals surface area contributed by atoms with Crippen molar-refractivity contribution in [1.29, 1.82) is 0 Å². The van der Waals surface area contributed by atoms with Gasteiger partial charge in [-0.2, -0.15) is 11.8 Å². The van der Waals surface area contributed by atoms with Crippen LogP contribution in [-0.4, -0.2) is 58.5 Å². The van der Waals surface area contributed by atoms with Crippen molar-refractivity contribution in [3.63, 3.8) is 0 Å². The number of aliphatic hydroxyl groups is 1. The zero-order valence-electron chi connectivity index (χ0n) is 17.9. The smallest absolute Gasteiger partial charge is 0.289 e. The molecule has 32 heavy (non-hydrogen) atoms. The van der Waals surface area contributed by atoms with Gasteiger partial charge in [-0.1, -0.05) is 18.2 Å². The Bertz CT molecular complexity index is 1120. The maximum atomic E-state index is 13.5. The molecule has 0 bridgehead atoms. The Morgan fingerprint density at radius 1 is 1.06 bits per heavy atom. The molecule has 7 heteroatoms. The molecular weight excluding hydrogens is 427 g/mol. The molecule has 0 unspecified atom stereocenters. The number of hydrogen-bond acceptors (Lipinski definition) is 5. The molecule has 0 spiro atoms. The molecule has 3 heterocycles. The zero-order chi connectivity index (χ0) is 22.1. The molecule has 2 fully saturated rings. The second-order valence-electron chi connectivity index (χ2n) is 8.71. The lowest BCUT2D eigenvalue weighted by Gasteiger charge is -2.38. The van der Waals surface area contributed by atoms with Crippen LogP contribution in [0.4, 0.5) is 4.39 Å². The molecule has 0 saturated carbocycles. The van der Waals surface area contributed by atoms with Crippen molar-refractivity contribution >= 4 is 28.6 Å². The highest BCUT2D eigenvalue weighted by Crippen LogP contribution is 2.35. The number of rotatable bonds is 4. The summed E-state index contributed by atoms with van der Waals surface area (Å²) in [5, 5.41) is 12.2. The molecule has 1 amide bonds. The molecule has 1 N–H and O–H groups in total. The van der Waals surface area contributed by atoms with Crippen LogP contribution in [0, 0.1) is 5.82 Å². The van der Waals surface area contributed by atoms with Crippen molar-refractivity contribution in [2.75, 3.05) is 37.7 Å². The lowest BCUT2D eigenvalue weighted by Crippen LogP contribution is -2.42.